The quantitative estimate of drug-likeness (QED) is 0.782. The average molecular weight is 213 g/mol. The fourth-order valence-electron chi connectivity index (χ4n) is 1.11. The summed E-state index contributed by atoms with van der Waals surface area (Å²) in [7, 11) is 0. The van der Waals surface area contributed by atoms with Crippen LogP contribution in [0.15, 0.2) is 16.8 Å². The molecule has 1 rings (SSSR count). The summed E-state index contributed by atoms with van der Waals surface area (Å²) < 4.78 is 0. The Balaban J connectivity index is 2.28. The summed E-state index contributed by atoms with van der Waals surface area (Å²) in [6.07, 6.45) is 0.776. The second-order valence-electron chi connectivity index (χ2n) is 3.13. The van der Waals surface area contributed by atoms with Gasteiger partial charge in [0.1, 0.15) is 0 Å². The lowest BCUT2D eigenvalue weighted by Crippen LogP contribution is -2.27. The van der Waals surface area contributed by atoms with Crippen LogP contribution in [-0.4, -0.2) is 17.6 Å². The molecule has 78 valence electrons. The second-order valence-corrected chi connectivity index (χ2v) is 3.91. The van der Waals surface area contributed by atoms with Gasteiger partial charge in [0.25, 0.3) is 0 Å². The molecule has 3 nitrogen and oxygen atoms in total. The van der Waals surface area contributed by atoms with E-state index in [9.17, 15) is 9.90 Å². The topological polar surface area (TPSA) is 49.3 Å². The average Bonchev–Trinajstić information content (AvgIpc) is 2.67. The van der Waals surface area contributed by atoms with Gasteiger partial charge < -0.3 is 10.4 Å². The summed E-state index contributed by atoms with van der Waals surface area (Å²) in [4.78, 5) is 11.1. The number of hydrogen-bond acceptors (Lipinski definition) is 3. The third kappa shape index (κ3) is 3.47. The summed E-state index contributed by atoms with van der Waals surface area (Å²) in [5, 5.41) is 16.1. The van der Waals surface area contributed by atoms with Crippen LogP contribution in [0.3, 0.4) is 0 Å². The SMILES string of the molecule is CCCC(=O)NCC(O)c1ccsc1. The van der Waals surface area contributed by atoms with E-state index in [4.69, 9.17) is 0 Å². The molecule has 0 aliphatic rings. The fraction of sp³-hybridized carbons (Fsp3) is 0.500. The minimum Gasteiger partial charge on any atom is -0.387 e. The van der Waals surface area contributed by atoms with Gasteiger partial charge >= 0.3 is 0 Å². The van der Waals surface area contributed by atoms with E-state index in [0.717, 1.165) is 12.0 Å². The van der Waals surface area contributed by atoms with Crippen LogP contribution in [0.5, 0.6) is 0 Å². The van der Waals surface area contributed by atoms with Crippen molar-refractivity contribution in [3.8, 4) is 0 Å². The first kappa shape index (κ1) is 11.2. The van der Waals surface area contributed by atoms with E-state index in [1.54, 1.807) is 0 Å². The predicted molar refractivity (Wildman–Crippen MR) is 57.2 cm³/mol. The van der Waals surface area contributed by atoms with E-state index < -0.39 is 6.10 Å². The van der Waals surface area contributed by atoms with Crippen LogP contribution in [0.1, 0.15) is 31.4 Å². The molecule has 1 unspecified atom stereocenters. The minimum absolute atomic E-state index is 0.00165. The van der Waals surface area contributed by atoms with Crippen molar-refractivity contribution in [1.82, 2.24) is 5.32 Å². The summed E-state index contributed by atoms with van der Waals surface area (Å²) in [5.74, 6) is 0.00165. The highest BCUT2D eigenvalue weighted by molar-refractivity contribution is 7.07. The van der Waals surface area contributed by atoms with Crippen molar-refractivity contribution in [2.24, 2.45) is 0 Å². The van der Waals surface area contributed by atoms with E-state index in [1.165, 1.54) is 11.3 Å². The number of nitrogens with one attached hydrogen (secondary N) is 1. The van der Waals surface area contributed by atoms with E-state index in [2.05, 4.69) is 5.32 Å². The van der Waals surface area contributed by atoms with Crippen LogP contribution in [0.4, 0.5) is 0 Å². The number of carbonyl (C=O) groups is 1. The highest BCUT2D eigenvalue weighted by atomic mass is 32.1. The molecule has 0 bridgehead atoms. The van der Waals surface area contributed by atoms with Gasteiger partial charge in [-0.2, -0.15) is 11.3 Å². The molecule has 1 aromatic heterocycles. The normalized spacial score (nSPS) is 12.4. The zero-order chi connectivity index (χ0) is 10.4. The van der Waals surface area contributed by atoms with Gasteiger partial charge in [0.05, 0.1) is 6.10 Å². The molecule has 0 saturated carbocycles. The van der Waals surface area contributed by atoms with E-state index >= 15 is 0 Å². The molecule has 1 atom stereocenters. The van der Waals surface area contributed by atoms with Crippen LogP contribution in [0.25, 0.3) is 0 Å². The maximum absolute atomic E-state index is 11.1. The Morgan fingerprint density at radius 3 is 3.07 bits per heavy atom. The molecule has 0 aromatic carbocycles. The first-order chi connectivity index (χ1) is 6.74. The maximum atomic E-state index is 11.1. The van der Waals surface area contributed by atoms with Crippen LogP contribution in [0.2, 0.25) is 0 Å². The molecule has 1 heterocycles. The Bertz CT molecular complexity index is 272. The number of thiophene rings is 1. The Morgan fingerprint density at radius 1 is 1.71 bits per heavy atom. The molecule has 1 aromatic rings. The molecule has 0 radical (unpaired) electrons. The largest absolute Gasteiger partial charge is 0.387 e. The molecule has 4 heteroatoms. The molecule has 0 aliphatic carbocycles. The molecule has 14 heavy (non-hydrogen) atoms. The van der Waals surface area contributed by atoms with Crippen molar-refractivity contribution in [2.75, 3.05) is 6.54 Å². The zero-order valence-corrected chi connectivity index (χ0v) is 9.01. The molecular weight excluding hydrogens is 198 g/mol. The van der Waals surface area contributed by atoms with Crippen molar-refractivity contribution < 1.29 is 9.90 Å². The van der Waals surface area contributed by atoms with Gasteiger partial charge in [-0.15, -0.1) is 0 Å². The van der Waals surface area contributed by atoms with Gasteiger partial charge in [-0.1, -0.05) is 6.92 Å². The van der Waals surface area contributed by atoms with Crippen molar-refractivity contribution in [3.63, 3.8) is 0 Å². The molecule has 0 fully saturated rings. The third-order valence-corrected chi connectivity index (χ3v) is 2.60. The molecule has 2 N–H and O–H groups in total. The number of aliphatic hydroxyl groups is 1. The van der Waals surface area contributed by atoms with Crippen molar-refractivity contribution >= 4 is 17.2 Å². The smallest absolute Gasteiger partial charge is 0.220 e. The van der Waals surface area contributed by atoms with E-state index in [1.807, 2.05) is 23.8 Å². The van der Waals surface area contributed by atoms with Gasteiger partial charge in [0.2, 0.25) is 5.91 Å². The second kappa shape index (κ2) is 5.78. The van der Waals surface area contributed by atoms with Gasteiger partial charge in [-0.25, -0.2) is 0 Å². The van der Waals surface area contributed by atoms with Crippen LogP contribution in [-0.2, 0) is 4.79 Å². The lowest BCUT2D eigenvalue weighted by atomic mass is 10.2. The van der Waals surface area contributed by atoms with Crippen molar-refractivity contribution in [2.45, 2.75) is 25.9 Å². The van der Waals surface area contributed by atoms with Crippen molar-refractivity contribution in [3.05, 3.63) is 22.4 Å². The van der Waals surface area contributed by atoms with Gasteiger partial charge in [0, 0.05) is 13.0 Å². The van der Waals surface area contributed by atoms with Gasteiger partial charge in [-0.05, 0) is 28.8 Å². The van der Waals surface area contributed by atoms with Crippen molar-refractivity contribution in [1.29, 1.82) is 0 Å². The Morgan fingerprint density at radius 2 is 2.50 bits per heavy atom. The summed E-state index contributed by atoms with van der Waals surface area (Å²) in [6.45, 7) is 2.25. The molecule has 0 spiro atoms. The Kier molecular flexibility index (Phi) is 4.62. The zero-order valence-electron chi connectivity index (χ0n) is 8.19. The molecular formula is C10H15NO2S. The van der Waals surface area contributed by atoms with Gasteiger partial charge in [-0.3, -0.25) is 4.79 Å². The first-order valence-electron chi connectivity index (χ1n) is 4.71. The Hall–Kier alpha value is -0.870. The minimum atomic E-state index is -0.581. The lowest BCUT2D eigenvalue weighted by Gasteiger charge is -2.09. The number of carbonyl (C=O) groups excluding carboxylic acids is 1. The molecule has 0 saturated heterocycles. The van der Waals surface area contributed by atoms with E-state index in [0.29, 0.717) is 13.0 Å². The number of aliphatic hydroxyl groups excluding tert-OH is 1. The Labute approximate surface area is 87.8 Å². The standard InChI is InChI=1S/C10H15NO2S/c1-2-3-10(13)11-6-9(12)8-4-5-14-7-8/h4-5,7,9,12H,2-3,6H2,1H3,(H,11,13). The maximum Gasteiger partial charge on any atom is 0.220 e. The number of amides is 1. The summed E-state index contributed by atoms with van der Waals surface area (Å²) >= 11 is 1.54. The summed E-state index contributed by atoms with van der Waals surface area (Å²) in [5.41, 5.74) is 0.867. The monoisotopic (exact) mass is 213 g/mol. The highest BCUT2D eigenvalue weighted by Gasteiger charge is 2.08. The van der Waals surface area contributed by atoms with Gasteiger partial charge in [0.15, 0.2) is 0 Å². The number of rotatable bonds is 5. The molecule has 0 aliphatic heterocycles. The van der Waals surface area contributed by atoms with Crippen LogP contribution < -0.4 is 5.32 Å². The number of hydrogen-bond donors (Lipinski definition) is 2. The van der Waals surface area contributed by atoms with E-state index in [-0.39, 0.29) is 5.91 Å². The van der Waals surface area contributed by atoms with Crippen LogP contribution in [0, 0.1) is 0 Å². The highest BCUT2D eigenvalue weighted by Crippen LogP contribution is 2.14. The summed E-state index contributed by atoms with van der Waals surface area (Å²) in [6, 6.07) is 1.86. The third-order valence-electron chi connectivity index (χ3n) is 1.90. The lowest BCUT2D eigenvalue weighted by molar-refractivity contribution is -0.121. The predicted octanol–water partition coefficient (Wildman–Crippen LogP) is 1.70. The van der Waals surface area contributed by atoms with Crippen LogP contribution >= 0.6 is 11.3 Å². The first-order valence-corrected chi connectivity index (χ1v) is 5.65. The fourth-order valence-corrected chi connectivity index (χ4v) is 1.82. The molecule has 1 amide bonds.